The highest BCUT2D eigenvalue weighted by atomic mass is 32.2. The summed E-state index contributed by atoms with van der Waals surface area (Å²) in [5.74, 6) is 0. The quantitative estimate of drug-likeness (QED) is 0.741. The molecule has 0 saturated heterocycles. The van der Waals surface area contributed by atoms with E-state index in [9.17, 15) is 9.59 Å². The molecule has 0 bridgehead atoms. The molecule has 128 valence electrons. The summed E-state index contributed by atoms with van der Waals surface area (Å²) >= 11 is 2.37. The lowest BCUT2D eigenvalue weighted by molar-refractivity contribution is 0.480. The van der Waals surface area contributed by atoms with Crippen molar-refractivity contribution >= 4 is 23.5 Å². The number of aromatic nitrogens is 4. The van der Waals surface area contributed by atoms with Crippen LogP contribution < -0.4 is 11.1 Å². The number of aromatic amines is 1. The third-order valence-electron chi connectivity index (χ3n) is 3.25. The van der Waals surface area contributed by atoms with Crippen molar-refractivity contribution in [2.24, 2.45) is 0 Å². The smallest absolute Gasteiger partial charge is 0.267 e. The second-order valence-corrected chi connectivity index (χ2v) is 7.47. The van der Waals surface area contributed by atoms with E-state index in [1.807, 2.05) is 26.0 Å². The molecule has 8 heteroatoms. The first-order chi connectivity index (χ1) is 12.1. The average Bonchev–Trinajstić information content (AvgIpc) is 2.62. The fourth-order valence-corrected chi connectivity index (χ4v) is 3.97. The molecule has 1 N–H and O–H groups in total. The minimum Gasteiger partial charge on any atom is -0.267 e. The van der Waals surface area contributed by atoms with Crippen LogP contribution in [0.4, 0.5) is 0 Å². The Bertz CT molecular complexity index is 969. The van der Waals surface area contributed by atoms with Crippen LogP contribution in [0.5, 0.6) is 0 Å². The third kappa shape index (κ3) is 4.02. The Kier molecular flexibility index (Phi) is 5.40. The fraction of sp³-hybridized carbons (Fsp3) is 0.176. The summed E-state index contributed by atoms with van der Waals surface area (Å²) in [4.78, 5) is 34.7. The number of nitrogens with one attached hydrogen (secondary N) is 1. The Morgan fingerprint density at radius 3 is 1.96 bits per heavy atom. The van der Waals surface area contributed by atoms with Gasteiger partial charge in [0.2, 0.25) is 0 Å². The van der Waals surface area contributed by atoms with Gasteiger partial charge in [0.1, 0.15) is 14.9 Å². The number of pyridine rings is 2. The molecule has 3 aromatic heterocycles. The molecule has 0 radical (unpaired) electrons. The summed E-state index contributed by atoms with van der Waals surface area (Å²) in [6.45, 7) is 3.69. The van der Waals surface area contributed by atoms with Gasteiger partial charge in [-0.05, 0) is 38.1 Å². The predicted octanol–water partition coefficient (Wildman–Crippen LogP) is 3.21. The van der Waals surface area contributed by atoms with E-state index in [0.717, 1.165) is 0 Å². The highest BCUT2D eigenvalue weighted by molar-refractivity contribution is 8.02. The zero-order valence-electron chi connectivity index (χ0n) is 13.7. The molecule has 0 saturated carbocycles. The lowest BCUT2D eigenvalue weighted by atomic mass is 10.4. The second kappa shape index (κ2) is 7.71. The average molecular weight is 372 g/mol. The maximum Gasteiger partial charge on any atom is 0.280 e. The molecule has 3 heterocycles. The molecule has 3 aromatic rings. The van der Waals surface area contributed by atoms with Crippen molar-refractivity contribution in [3.8, 4) is 0 Å². The number of nitrogens with zero attached hydrogens (tertiary/aromatic N) is 3. The molecule has 6 nitrogen and oxygen atoms in total. The summed E-state index contributed by atoms with van der Waals surface area (Å²) in [5, 5.41) is 3.96. The minimum atomic E-state index is -0.317. The second-order valence-electron chi connectivity index (χ2n) is 5.41. The van der Waals surface area contributed by atoms with Gasteiger partial charge in [-0.2, -0.15) is 0 Å². The van der Waals surface area contributed by atoms with Gasteiger partial charge in [0, 0.05) is 18.4 Å². The van der Waals surface area contributed by atoms with E-state index in [1.165, 1.54) is 28.2 Å². The summed E-state index contributed by atoms with van der Waals surface area (Å²) in [5.41, 5.74) is -0.564. The molecule has 0 amide bonds. The van der Waals surface area contributed by atoms with Gasteiger partial charge in [0.15, 0.2) is 0 Å². The Morgan fingerprint density at radius 2 is 1.48 bits per heavy atom. The van der Waals surface area contributed by atoms with Crippen LogP contribution in [-0.4, -0.2) is 19.7 Å². The van der Waals surface area contributed by atoms with Gasteiger partial charge in [-0.25, -0.2) is 14.6 Å². The Balaban J connectivity index is 2.14. The van der Waals surface area contributed by atoms with Crippen molar-refractivity contribution in [2.75, 3.05) is 0 Å². The van der Waals surface area contributed by atoms with Crippen LogP contribution in [-0.2, 0) is 0 Å². The summed E-state index contributed by atoms with van der Waals surface area (Å²) < 4.78 is 1.34. The molecule has 25 heavy (non-hydrogen) atoms. The zero-order chi connectivity index (χ0) is 17.8. The molecule has 0 aliphatic heterocycles. The number of H-pyrrole nitrogens is 1. The van der Waals surface area contributed by atoms with Crippen molar-refractivity contribution in [2.45, 2.75) is 39.7 Å². The van der Waals surface area contributed by atoms with Crippen LogP contribution >= 0.6 is 23.5 Å². The molecule has 0 atom stereocenters. The van der Waals surface area contributed by atoms with Crippen LogP contribution in [0.3, 0.4) is 0 Å². The Hall–Kier alpha value is -2.32. The maximum absolute atomic E-state index is 12.9. The summed E-state index contributed by atoms with van der Waals surface area (Å²) in [6, 6.07) is 10.7. The largest absolute Gasteiger partial charge is 0.280 e. The monoisotopic (exact) mass is 372 g/mol. The minimum absolute atomic E-state index is 0.155. The normalized spacial score (nSPS) is 11.0. The maximum atomic E-state index is 12.9. The van der Waals surface area contributed by atoms with Gasteiger partial charge in [0.25, 0.3) is 11.1 Å². The first-order valence-electron chi connectivity index (χ1n) is 7.63. The molecule has 0 spiro atoms. The van der Waals surface area contributed by atoms with Gasteiger partial charge < -0.3 is 0 Å². The highest BCUT2D eigenvalue weighted by Gasteiger charge is 2.19. The topological polar surface area (TPSA) is 80.6 Å². The zero-order valence-corrected chi connectivity index (χ0v) is 15.3. The van der Waals surface area contributed by atoms with E-state index in [4.69, 9.17) is 0 Å². The van der Waals surface area contributed by atoms with Crippen molar-refractivity contribution in [1.82, 2.24) is 19.7 Å². The van der Waals surface area contributed by atoms with Crippen LogP contribution in [0.1, 0.15) is 19.9 Å². The standard InChI is InChI=1S/C17H16N4O2S2/c1-11(2)21-17(23)15(25-13-8-4-6-10-19-13)14(16(22)20-21)24-12-7-3-5-9-18-12/h3-11H,1-2H3,(H,20,22). The number of hydrogen-bond donors (Lipinski definition) is 1. The SMILES string of the molecule is CC(C)n1[nH]c(=O)c(Sc2ccccn2)c(Sc2ccccn2)c1=O. The van der Waals surface area contributed by atoms with Gasteiger partial charge in [-0.1, -0.05) is 35.7 Å². The molecule has 0 aliphatic rings. The van der Waals surface area contributed by atoms with E-state index < -0.39 is 0 Å². The summed E-state index contributed by atoms with van der Waals surface area (Å²) in [7, 11) is 0. The van der Waals surface area contributed by atoms with Crippen molar-refractivity contribution in [3.05, 3.63) is 69.5 Å². The van der Waals surface area contributed by atoms with Crippen LogP contribution in [0.2, 0.25) is 0 Å². The molecular weight excluding hydrogens is 356 g/mol. The van der Waals surface area contributed by atoms with E-state index in [2.05, 4.69) is 15.1 Å². The first kappa shape index (κ1) is 17.5. The van der Waals surface area contributed by atoms with E-state index >= 15 is 0 Å². The van der Waals surface area contributed by atoms with Gasteiger partial charge in [-0.3, -0.25) is 14.7 Å². The third-order valence-corrected chi connectivity index (χ3v) is 5.46. The van der Waals surface area contributed by atoms with Crippen LogP contribution in [0.15, 0.2) is 78.2 Å². The van der Waals surface area contributed by atoms with Crippen LogP contribution in [0, 0.1) is 0 Å². The molecular formula is C17H16N4O2S2. The highest BCUT2D eigenvalue weighted by Crippen LogP contribution is 2.33. The Morgan fingerprint density at radius 1 is 0.920 bits per heavy atom. The van der Waals surface area contributed by atoms with Gasteiger partial charge in [-0.15, -0.1) is 0 Å². The van der Waals surface area contributed by atoms with E-state index in [-0.39, 0.29) is 17.2 Å². The van der Waals surface area contributed by atoms with Gasteiger partial charge in [0.05, 0.1) is 4.90 Å². The molecule has 0 aliphatic carbocycles. The molecule has 0 aromatic carbocycles. The van der Waals surface area contributed by atoms with Crippen molar-refractivity contribution < 1.29 is 0 Å². The van der Waals surface area contributed by atoms with Gasteiger partial charge >= 0.3 is 0 Å². The first-order valence-corrected chi connectivity index (χ1v) is 9.26. The predicted molar refractivity (Wildman–Crippen MR) is 98.4 cm³/mol. The Labute approximate surface area is 152 Å². The molecule has 0 fully saturated rings. The fourth-order valence-electron chi connectivity index (χ4n) is 2.09. The molecule has 3 rings (SSSR count). The lowest BCUT2D eigenvalue weighted by Gasteiger charge is -2.13. The number of hydrogen-bond acceptors (Lipinski definition) is 6. The lowest BCUT2D eigenvalue weighted by Crippen LogP contribution is -2.33. The number of rotatable bonds is 5. The summed E-state index contributed by atoms with van der Waals surface area (Å²) in [6.07, 6.45) is 3.31. The van der Waals surface area contributed by atoms with Crippen LogP contribution in [0.25, 0.3) is 0 Å². The van der Waals surface area contributed by atoms with E-state index in [0.29, 0.717) is 19.8 Å². The molecule has 0 unspecified atom stereocenters. The van der Waals surface area contributed by atoms with E-state index in [1.54, 1.807) is 36.7 Å². The van der Waals surface area contributed by atoms with Crippen molar-refractivity contribution in [3.63, 3.8) is 0 Å². The van der Waals surface area contributed by atoms with Crippen molar-refractivity contribution in [1.29, 1.82) is 0 Å².